The van der Waals surface area contributed by atoms with Gasteiger partial charge in [-0.05, 0) is 43.4 Å². The Morgan fingerprint density at radius 1 is 1.20 bits per heavy atom. The fourth-order valence-corrected chi connectivity index (χ4v) is 2.76. The van der Waals surface area contributed by atoms with E-state index in [-0.39, 0.29) is 17.8 Å². The van der Waals surface area contributed by atoms with E-state index in [0.29, 0.717) is 18.2 Å². The van der Waals surface area contributed by atoms with Crippen molar-refractivity contribution in [2.24, 2.45) is 5.92 Å². The van der Waals surface area contributed by atoms with Gasteiger partial charge in [-0.25, -0.2) is 0 Å². The lowest BCUT2D eigenvalue weighted by molar-refractivity contribution is -0.136. The van der Waals surface area contributed by atoms with Crippen LogP contribution in [0.3, 0.4) is 0 Å². The van der Waals surface area contributed by atoms with E-state index in [1.165, 1.54) is 6.07 Å². The highest BCUT2D eigenvalue weighted by atomic mass is 19.4. The van der Waals surface area contributed by atoms with E-state index in [2.05, 4.69) is 5.32 Å². The van der Waals surface area contributed by atoms with Gasteiger partial charge in [-0.15, -0.1) is 0 Å². The summed E-state index contributed by atoms with van der Waals surface area (Å²) in [5, 5.41) is 3.17. The predicted octanol–water partition coefficient (Wildman–Crippen LogP) is 3.27. The molecule has 0 amide bonds. The lowest BCUT2D eigenvalue weighted by Crippen LogP contribution is -2.31. The topological polar surface area (TPSA) is 47.3 Å². The van der Waals surface area contributed by atoms with Gasteiger partial charge in [0.05, 0.1) is 17.7 Å². The Morgan fingerprint density at radius 2 is 1.95 bits per heavy atom. The summed E-state index contributed by atoms with van der Waals surface area (Å²) in [5.41, 5.74) is 4.81. The van der Waals surface area contributed by atoms with Crippen molar-refractivity contribution in [3.05, 3.63) is 23.8 Å². The average Bonchev–Trinajstić information content (AvgIpc) is 3.11. The molecule has 0 bridgehead atoms. The van der Waals surface area contributed by atoms with Gasteiger partial charge in [-0.2, -0.15) is 13.2 Å². The Hall–Kier alpha value is -1.43. The molecule has 3 N–H and O–H groups in total. The summed E-state index contributed by atoms with van der Waals surface area (Å²) in [7, 11) is 0. The summed E-state index contributed by atoms with van der Waals surface area (Å²) in [6, 6.07) is 4.06. The molecule has 1 aliphatic heterocycles. The second-order valence-corrected chi connectivity index (χ2v) is 5.51. The van der Waals surface area contributed by atoms with Crippen LogP contribution in [0.5, 0.6) is 0 Å². The van der Waals surface area contributed by atoms with Crippen LogP contribution in [0.1, 0.15) is 24.8 Å². The molecule has 1 aromatic rings. The Bertz CT molecular complexity index is 500. The number of ether oxygens (including phenoxy) is 1. The Balaban J connectivity index is 1.77. The molecule has 1 heterocycles. The van der Waals surface area contributed by atoms with E-state index in [0.717, 1.165) is 25.3 Å². The lowest BCUT2D eigenvalue weighted by atomic mass is 10.1. The maximum atomic E-state index is 12.8. The van der Waals surface area contributed by atoms with E-state index in [1.807, 2.05) is 0 Å². The molecule has 6 heteroatoms. The van der Waals surface area contributed by atoms with Gasteiger partial charge in [0.25, 0.3) is 0 Å². The molecule has 0 aromatic heterocycles. The summed E-state index contributed by atoms with van der Waals surface area (Å²) < 4.78 is 44.1. The largest absolute Gasteiger partial charge is 0.418 e. The van der Waals surface area contributed by atoms with Crippen LogP contribution in [0, 0.1) is 5.92 Å². The van der Waals surface area contributed by atoms with Crippen molar-refractivity contribution in [1.29, 1.82) is 0 Å². The second kappa shape index (κ2) is 4.84. The molecule has 2 atom stereocenters. The summed E-state index contributed by atoms with van der Waals surface area (Å²) >= 11 is 0. The van der Waals surface area contributed by atoms with Gasteiger partial charge in [-0.3, -0.25) is 0 Å². The van der Waals surface area contributed by atoms with Crippen molar-refractivity contribution >= 4 is 11.4 Å². The number of nitrogen functional groups attached to an aromatic ring is 1. The highest BCUT2D eigenvalue weighted by Crippen LogP contribution is 2.40. The number of benzene rings is 1. The highest BCUT2D eigenvalue weighted by Gasteiger charge is 2.41. The molecule has 2 unspecified atom stereocenters. The first-order valence-electron chi connectivity index (χ1n) is 6.80. The molecule has 1 saturated heterocycles. The van der Waals surface area contributed by atoms with Crippen molar-refractivity contribution in [2.75, 3.05) is 17.7 Å². The monoisotopic (exact) mass is 286 g/mol. The third kappa shape index (κ3) is 2.70. The smallest absolute Gasteiger partial charge is 0.398 e. The quantitative estimate of drug-likeness (QED) is 0.838. The SMILES string of the molecule is Nc1ccc(NC2CCOC2C2CC2)cc1C(F)(F)F. The van der Waals surface area contributed by atoms with Gasteiger partial charge in [0.1, 0.15) is 0 Å². The van der Waals surface area contributed by atoms with Gasteiger partial charge in [0.2, 0.25) is 0 Å². The standard InChI is InChI=1S/C14H17F3N2O/c15-14(16,17)10-7-9(3-4-11(10)18)19-12-5-6-20-13(12)8-1-2-8/h3-4,7-8,12-13,19H,1-2,5-6,18H2. The highest BCUT2D eigenvalue weighted by molar-refractivity contribution is 5.58. The fourth-order valence-electron chi connectivity index (χ4n) is 2.76. The molecule has 1 saturated carbocycles. The van der Waals surface area contributed by atoms with E-state index in [4.69, 9.17) is 10.5 Å². The average molecular weight is 286 g/mol. The van der Waals surface area contributed by atoms with Crippen molar-refractivity contribution in [2.45, 2.75) is 37.6 Å². The van der Waals surface area contributed by atoms with Crippen LogP contribution in [-0.2, 0) is 10.9 Å². The number of rotatable bonds is 3. The summed E-state index contributed by atoms with van der Waals surface area (Å²) in [5.74, 6) is 0.561. The van der Waals surface area contributed by atoms with Crippen LogP contribution < -0.4 is 11.1 Å². The lowest BCUT2D eigenvalue weighted by Gasteiger charge is -2.21. The maximum absolute atomic E-state index is 12.8. The zero-order valence-corrected chi connectivity index (χ0v) is 10.9. The van der Waals surface area contributed by atoms with Gasteiger partial charge >= 0.3 is 6.18 Å². The molecular weight excluding hydrogens is 269 g/mol. The first-order valence-corrected chi connectivity index (χ1v) is 6.80. The normalized spacial score (nSPS) is 26.8. The number of nitrogens with one attached hydrogen (secondary N) is 1. The zero-order chi connectivity index (χ0) is 14.3. The number of anilines is 2. The molecule has 1 aliphatic carbocycles. The van der Waals surface area contributed by atoms with Gasteiger partial charge in [-0.1, -0.05) is 0 Å². The third-order valence-electron chi connectivity index (χ3n) is 3.93. The predicted molar refractivity (Wildman–Crippen MR) is 70.3 cm³/mol. The van der Waals surface area contributed by atoms with E-state index in [9.17, 15) is 13.2 Å². The number of nitrogens with two attached hydrogens (primary N) is 1. The third-order valence-corrected chi connectivity index (χ3v) is 3.93. The Labute approximate surface area is 115 Å². The molecule has 20 heavy (non-hydrogen) atoms. The molecule has 0 radical (unpaired) electrons. The van der Waals surface area contributed by atoms with Gasteiger partial charge in [0.15, 0.2) is 0 Å². The minimum Gasteiger partial charge on any atom is -0.398 e. The zero-order valence-electron chi connectivity index (χ0n) is 10.9. The van der Waals surface area contributed by atoms with Crippen LogP contribution in [-0.4, -0.2) is 18.8 Å². The van der Waals surface area contributed by atoms with Crippen molar-refractivity contribution in [3.8, 4) is 0 Å². The van der Waals surface area contributed by atoms with Gasteiger partial charge in [0, 0.05) is 18.0 Å². The van der Waals surface area contributed by atoms with Crippen LogP contribution in [0.2, 0.25) is 0 Å². The number of halogens is 3. The molecule has 2 aliphatic rings. The van der Waals surface area contributed by atoms with Crippen molar-refractivity contribution in [3.63, 3.8) is 0 Å². The molecular formula is C14H17F3N2O. The van der Waals surface area contributed by atoms with E-state index < -0.39 is 11.7 Å². The van der Waals surface area contributed by atoms with Crippen LogP contribution in [0.4, 0.5) is 24.5 Å². The maximum Gasteiger partial charge on any atom is 0.418 e. The first kappa shape index (κ1) is 13.5. The van der Waals surface area contributed by atoms with Crippen molar-refractivity contribution < 1.29 is 17.9 Å². The fraction of sp³-hybridized carbons (Fsp3) is 0.571. The number of hydrogen-bond acceptors (Lipinski definition) is 3. The van der Waals surface area contributed by atoms with Crippen LogP contribution >= 0.6 is 0 Å². The van der Waals surface area contributed by atoms with E-state index >= 15 is 0 Å². The molecule has 3 nitrogen and oxygen atoms in total. The summed E-state index contributed by atoms with van der Waals surface area (Å²) in [6.07, 6.45) is -1.17. The Kier molecular flexibility index (Phi) is 3.28. The first-order chi connectivity index (χ1) is 9.45. The molecule has 1 aromatic carbocycles. The molecule has 2 fully saturated rings. The van der Waals surface area contributed by atoms with Crippen molar-refractivity contribution in [1.82, 2.24) is 0 Å². The second-order valence-electron chi connectivity index (χ2n) is 5.51. The summed E-state index contributed by atoms with van der Waals surface area (Å²) in [6.45, 7) is 0.667. The number of hydrogen-bond donors (Lipinski definition) is 2. The minimum absolute atomic E-state index is 0.0900. The summed E-state index contributed by atoms with van der Waals surface area (Å²) in [4.78, 5) is 0. The van der Waals surface area contributed by atoms with Gasteiger partial charge < -0.3 is 15.8 Å². The van der Waals surface area contributed by atoms with Crippen LogP contribution in [0.25, 0.3) is 0 Å². The van der Waals surface area contributed by atoms with Crippen LogP contribution in [0.15, 0.2) is 18.2 Å². The number of alkyl halides is 3. The Morgan fingerprint density at radius 3 is 2.60 bits per heavy atom. The van der Waals surface area contributed by atoms with E-state index in [1.54, 1.807) is 6.07 Å². The minimum atomic E-state index is -4.43. The molecule has 110 valence electrons. The molecule has 3 rings (SSSR count). The molecule has 0 spiro atoms.